The molecule has 0 saturated carbocycles. The van der Waals surface area contributed by atoms with E-state index in [9.17, 15) is 18.0 Å². The first-order valence-corrected chi connectivity index (χ1v) is 9.11. The predicted octanol–water partition coefficient (Wildman–Crippen LogP) is 0.732. The maximum atomic E-state index is 11.9. The summed E-state index contributed by atoms with van der Waals surface area (Å²) in [7, 11) is -3.39. The summed E-state index contributed by atoms with van der Waals surface area (Å²) >= 11 is 0. The number of benzene rings is 1. The fourth-order valence-electron chi connectivity index (χ4n) is 2.23. The smallest absolute Gasteiger partial charge is 0.331 e. The zero-order valence-electron chi connectivity index (χ0n) is 13.2. The van der Waals surface area contributed by atoms with Gasteiger partial charge in [-0.15, -0.1) is 0 Å². The van der Waals surface area contributed by atoms with E-state index in [2.05, 4.69) is 5.32 Å². The van der Waals surface area contributed by atoms with Crippen molar-refractivity contribution >= 4 is 27.4 Å². The zero-order chi connectivity index (χ0) is 17.0. The summed E-state index contributed by atoms with van der Waals surface area (Å²) in [6, 6.07) is 4.37. The Labute approximate surface area is 135 Å². The number of amides is 1. The Kier molecular flexibility index (Phi) is 5.25. The maximum Gasteiger partial charge on any atom is 0.331 e. The molecule has 1 aliphatic heterocycles. The number of fused-ring (bicyclic) bond motifs is 1. The molecule has 1 amide bonds. The van der Waals surface area contributed by atoms with Gasteiger partial charge in [-0.3, -0.25) is 4.79 Å². The van der Waals surface area contributed by atoms with Gasteiger partial charge >= 0.3 is 5.97 Å². The normalized spacial score (nSPS) is 14.2. The second kappa shape index (κ2) is 6.99. The highest BCUT2D eigenvalue weighted by molar-refractivity contribution is 7.91. The Morgan fingerprint density at radius 3 is 2.74 bits per heavy atom. The molecule has 1 aromatic carbocycles. The van der Waals surface area contributed by atoms with E-state index in [0.717, 1.165) is 6.42 Å². The number of esters is 1. The van der Waals surface area contributed by atoms with Crippen LogP contribution in [-0.2, 0) is 19.4 Å². The highest BCUT2D eigenvalue weighted by Crippen LogP contribution is 2.34. The van der Waals surface area contributed by atoms with Crippen LogP contribution in [0.3, 0.4) is 0 Å². The molecular formula is C15H20N2O5S. The largest absolute Gasteiger partial charge is 0.423 e. The molecule has 126 valence electrons. The van der Waals surface area contributed by atoms with E-state index in [4.69, 9.17) is 4.74 Å². The molecule has 2 rings (SSSR count). The van der Waals surface area contributed by atoms with Crippen molar-refractivity contribution < 1.29 is 22.7 Å². The van der Waals surface area contributed by atoms with E-state index in [-0.39, 0.29) is 35.4 Å². The number of nitrogens with one attached hydrogen (secondary N) is 1. The van der Waals surface area contributed by atoms with Gasteiger partial charge in [-0.25, -0.2) is 13.2 Å². The Morgan fingerprint density at radius 2 is 2.09 bits per heavy atom. The van der Waals surface area contributed by atoms with Crippen molar-refractivity contribution in [3.8, 4) is 5.75 Å². The maximum absolute atomic E-state index is 11.9. The van der Waals surface area contributed by atoms with Gasteiger partial charge in [0.05, 0.1) is 22.9 Å². The molecule has 7 nitrogen and oxygen atoms in total. The van der Waals surface area contributed by atoms with Gasteiger partial charge in [-0.1, -0.05) is 13.8 Å². The van der Waals surface area contributed by atoms with Crippen LogP contribution in [0.2, 0.25) is 0 Å². The van der Waals surface area contributed by atoms with Gasteiger partial charge < -0.3 is 15.0 Å². The molecule has 0 radical (unpaired) electrons. The van der Waals surface area contributed by atoms with E-state index >= 15 is 0 Å². The van der Waals surface area contributed by atoms with Crippen molar-refractivity contribution in [2.75, 3.05) is 30.3 Å². The minimum atomic E-state index is -3.39. The molecule has 1 heterocycles. The van der Waals surface area contributed by atoms with Crippen molar-refractivity contribution in [2.45, 2.75) is 25.2 Å². The van der Waals surface area contributed by atoms with E-state index < -0.39 is 15.8 Å². The number of carbonyl (C=O) groups excluding carboxylic acids is 2. The SMILES string of the molecule is CCCNC(=O)CN1CC(=O)Oc2cc(S(=O)(=O)CC)ccc21. The van der Waals surface area contributed by atoms with Crippen LogP contribution in [0.1, 0.15) is 20.3 Å². The Balaban J connectivity index is 2.27. The average Bonchev–Trinajstić information content (AvgIpc) is 2.52. The quantitative estimate of drug-likeness (QED) is 0.606. The minimum Gasteiger partial charge on any atom is -0.423 e. The first kappa shape index (κ1) is 17.3. The molecular weight excluding hydrogens is 320 g/mol. The third-order valence-corrected chi connectivity index (χ3v) is 5.19. The van der Waals surface area contributed by atoms with Gasteiger partial charge in [0.1, 0.15) is 6.54 Å². The number of ether oxygens (including phenoxy) is 1. The molecule has 0 bridgehead atoms. The van der Waals surface area contributed by atoms with Gasteiger partial charge in [0, 0.05) is 12.6 Å². The fraction of sp³-hybridized carbons (Fsp3) is 0.467. The lowest BCUT2D eigenvalue weighted by Gasteiger charge is -2.29. The summed E-state index contributed by atoms with van der Waals surface area (Å²) in [5.41, 5.74) is 0.534. The molecule has 0 aliphatic carbocycles. The number of rotatable bonds is 6. The lowest BCUT2D eigenvalue weighted by atomic mass is 10.2. The summed E-state index contributed by atoms with van der Waals surface area (Å²) in [5.74, 6) is -0.591. The van der Waals surface area contributed by atoms with E-state index in [1.54, 1.807) is 17.9 Å². The first-order valence-electron chi connectivity index (χ1n) is 7.46. The van der Waals surface area contributed by atoms with Crippen molar-refractivity contribution in [3.05, 3.63) is 18.2 Å². The summed E-state index contributed by atoms with van der Waals surface area (Å²) in [6.45, 7) is 4.03. The number of hydrogen-bond donors (Lipinski definition) is 1. The molecule has 8 heteroatoms. The van der Waals surface area contributed by atoms with Gasteiger partial charge in [0.15, 0.2) is 15.6 Å². The van der Waals surface area contributed by atoms with Crippen LogP contribution in [-0.4, -0.2) is 45.7 Å². The highest BCUT2D eigenvalue weighted by Gasteiger charge is 2.27. The summed E-state index contributed by atoms with van der Waals surface area (Å²) in [5, 5.41) is 2.74. The predicted molar refractivity (Wildman–Crippen MR) is 85.3 cm³/mol. The molecule has 0 atom stereocenters. The van der Waals surface area contributed by atoms with Gasteiger partial charge in [-0.05, 0) is 18.6 Å². The first-order chi connectivity index (χ1) is 10.9. The molecule has 1 N–H and O–H groups in total. The van der Waals surface area contributed by atoms with Crippen LogP contribution in [0.25, 0.3) is 0 Å². The molecule has 0 fully saturated rings. The molecule has 0 aromatic heterocycles. The second-order valence-corrected chi connectivity index (χ2v) is 7.49. The number of hydrogen-bond acceptors (Lipinski definition) is 6. The molecule has 0 spiro atoms. The van der Waals surface area contributed by atoms with Crippen LogP contribution in [0.15, 0.2) is 23.1 Å². The van der Waals surface area contributed by atoms with Gasteiger partial charge in [0.25, 0.3) is 0 Å². The molecule has 0 unspecified atom stereocenters. The topological polar surface area (TPSA) is 92.8 Å². The van der Waals surface area contributed by atoms with E-state index in [1.165, 1.54) is 12.1 Å². The van der Waals surface area contributed by atoms with Crippen molar-refractivity contribution in [3.63, 3.8) is 0 Å². The third kappa shape index (κ3) is 4.01. The Hall–Kier alpha value is -2.09. The lowest BCUT2D eigenvalue weighted by molar-refractivity contribution is -0.133. The van der Waals surface area contributed by atoms with E-state index in [1.807, 2.05) is 6.92 Å². The van der Waals surface area contributed by atoms with Crippen molar-refractivity contribution in [1.82, 2.24) is 5.32 Å². The summed E-state index contributed by atoms with van der Waals surface area (Å²) in [6.07, 6.45) is 0.822. The van der Waals surface area contributed by atoms with Crippen molar-refractivity contribution in [1.29, 1.82) is 0 Å². The van der Waals surface area contributed by atoms with Crippen LogP contribution in [0.5, 0.6) is 5.75 Å². The lowest BCUT2D eigenvalue weighted by Crippen LogP contribution is -2.43. The second-order valence-electron chi connectivity index (χ2n) is 5.21. The number of sulfone groups is 1. The Morgan fingerprint density at radius 1 is 1.35 bits per heavy atom. The Bertz CT molecular complexity index is 715. The molecule has 1 aromatic rings. The van der Waals surface area contributed by atoms with Crippen molar-refractivity contribution in [2.24, 2.45) is 0 Å². The van der Waals surface area contributed by atoms with Gasteiger partial charge in [0.2, 0.25) is 5.91 Å². The fourth-order valence-corrected chi connectivity index (χ4v) is 3.12. The standard InChI is InChI=1S/C15H20N2O5S/c1-3-7-16-14(18)9-17-10-15(19)22-13-8-11(5-6-12(13)17)23(20,21)4-2/h5-6,8H,3-4,7,9-10H2,1-2H3,(H,16,18). The number of carbonyl (C=O) groups is 2. The summed E-state index contributed by atoms with van der Waals surface area (Å²) in [4.78, 5) is 25.3. The van der Waals surface area contributed by atoms with Crippen LogP contribution < -0.4 is 15.0 Å². The van der Waals surface area contributed by atoms with Crippen LogP contribution in [0, 0.1) is 0 Å². The average molecular weight is 340 g/mol. The van der Waals surface area contributed by atoms with E-state index in [0.29, 0.717) is 12.2 Å². The highest BCUT2D eigenvalue weighted by atomic mass is 32.2. The minimum absolute atomic E-state index is 0.0158. The summed E-state index contributed by atoms with van der Waals surface area (Å²) < 4.78 is 29.0. The van der Waals surface area contributed by atoms with Crippen LogP contribution >= 0.6 is 0 Å². The molecule has 23 heavy (non-hydrogen) atoms. The zero-order valence-corrected chi connectivity index (χ0v) is 14.0. The molecule has 1 aliphatic rings. The number of nitrogens with zero attached hydrogens (tertiary/aromatic N) is 1. The number of anilines is 1. The third-order valence-electron chi connectivity index (χ3n) is 3.46. The molecule has 0 saturated heterocycles. The monoisotopic (exact) mass is 340 g/mol. The van der Waals surface area contributed by atoms with Crippen LogP contribution in [0.4, 0.5) is 5.69 Å². The van der Waals surface area contributed by atoms with Gasteiger partial charge in [-0.2, -0.15) is 0 Å².